The van der Waals surface area contributed by atoms with Crippen LogP contribution in [0.1, 0.15) is 18.4 Å². The average molecular weight is 325 g/mol. The molecule has 21 heavy (non-hydrogen) atoms. The Bertz CT molecular complexity index is 646. The predicted molar refractivity (Wildman–Crippen MR) is 83.0 cm³/mol. The lowest BCUT2D eigenvalue weighted by atomic mass is 10.2. The van der Waals surface area contributed by atoms with Crippen molar-refractivity contribution in [2.45, 2.75) is 25.4 Å². The lowest BCUT2D eigenvalue weighted by molar-refractivity contribution is 0.251. The zero-order chi connectivity index (χ0) is 14.8. The van der Waals surface area contributed by atoms with Crippen molar-refractivity contribution in [2.75, 3.05) is 5.32 Å². The fraction of sp³-hybridized carbons (Fsp3) is 0.286. The van der Waals surface area contributed by atoms with Crippen molar-refractivity contribution in [2.24, 2.45) is 0 Å². The van der Waals surface area contributed by atoms with Crippen LogP contribution in [0, 0.1) is 0 Å². The van der Waals surface area contributed by atoms with Gasteiger partial charge in [-0.25, -0.2) is 9.48 Å². The Kier molecular flexibility index (Phi) is 4.03. The summed E-state index contributed by atoms with van der Waals surface area (Å²) in [6, 6.07) is 7.17. The molecule has 1 aromatic carbocycles. The van der Waals surface area contributed by atoms with Gasteiger partial charge in [0.1, 0.15) is 5.82 Å². The smallest absolute Gasteiger partial charge is 0.320 e. The summed E-state index contributed by atoms with van der Waals surface area (Å²) in [6.45, 7) is 0.393. The molecular formula is C14H14Cl2N4O. The van der Waals surface area contributed by atoms with E-state index in [0.717, 1.165) is 18.4 Å². The van der Waals surface area contributed by atoms with Crippen molar-refractivity contribution in [3.63, 3.8) is 0 Å². The van der Waals surface area contributed by atoms with Gasteiger partial charge in [0.25, 0.3) is 0 Å². The zero-order valence-corrected chi connectivity index (χ0v) is 12.7. The Balaban J connectivity index is 1.74. The molecule has 2 aromatic rings. The molecule has 2 N–H and O–H groups in total. The molecule has 0 spiro atoms. The minimum Gasteiger partial charge on any atom is -0.335 e. The number of hydrogen-bond donors (Lipinski definition) is 2. The standard InChI is InChI=1S/C14H14Cl2N4O/c15-11-2-1-3-12(16)10(11)8-20-13(6-7-17-20)19-14(21)18-9-4-5-9/h1-3,6-7,9H,4-5,8H2,(H2,18,19,21). The molecule has 1 heterocycles. The molecule has 3 rings (SSSR count). The molecular weight excluding hydrogens is 311 g/mol. The van der Waals surface area contributed by atoms with E-state index in [2.05, 4.69) is 15.7 Å². The van der Waals surface area contributed by atoms with Crippen LogP contribution in [0.15, 0.2) is 30.5 Å². The third-order valence-corrected chi connectivity index (χ3v) is 3.95. The molecule has 2 amide bonds. The molecule has 0 unspecified atom stereocenters. The van der Waals surface area contributed by atoms with Crippen molar-refractivity contribution in [1.29, 1.82) is 0 Å². The van der Waals surface area contributed by atoms with Crippen LogP contribution in [-0.4, -0.2) is 21.9 Å². The maximum Gasteiger partial charge on any atom is 0.320 e. The first kappa shape index (κ1) is 14.2. The van der Waals surface area contributed by atoms with Crippen LogP contribution in [0.4, 0.5) is 10.6 Å². The van der Waals surface area contributed by atoms with E-state index in [9.17, 15) is 4.79 Å². The van der Waals surface area contributed by atoms with Gasteiger partial charge in [0, 0.05) is 27.7 Å². The minimum atomic E-state index is -0.218. The highest BCUT2D eigenvalue weighted by atomic mass is 35.5. The van der Waals surface area contributed by atoms with Crippen molar-refractivity contribution in [3.8, 4) is 0 Å². The summed E-state index contributed by atoms with van der Waals surface area (Å²) in [5.41, 5.74) is 0.773. The highest BCUT2D eigenvalue weighted by Gasteiger charge is 2.23. The van der Waals surface area contributed by atoms with Gasteiger partial charge < -0.3 is 5.32 Å². The number of urea groups is 1. The molecule has 0 bridgehead atoms. The molecule has 0 radical (unpaired) electrons. The fourth-order valence-corrected chi connectivity index (χ4v) is 2.48. The van der Waals surface area contributed by atoms with Crippen LogP contribution in [0.5, 0.6) is 0 Å². The lowest BCUT2D eigenvalue weighted by Gasteiger charge is -2.11. The Morgan fingerprint density at radius 3 is 2.67 bits per heavy atom. The number of carbonyl (C=O) groups is 1. The van der Waals surface area contributed by atoms with Crippen molar-refractivity contribution in [1.82, 2.24) is 15.1 Å². The summed E-state index contributed by atoms with van der Waals surface area (Å²) in [5, 5.41) is 11.0. The van der Waals surface area contributed by atoms with Crippen LogP contribution in [-0.2, 0) is 6.54 Å². The van der Waals surface area contributed by atoms with E-state index in [1.807, 2.05) is 0 Å². The van der Waals surface area contributed by atoms with Crippen LogP contribution >= 0.6 is 23.2 Å². The summed E-state index contributed by atoms with van der Waals surface area (Å²) in [5.74, 6) is 0.601. The Morgan fingerprint density at radius 2 is 2.00 bits per heavy atom. The lowest BCUT2D eigenvalue weighted by Crippen LogP contribution is -2.31. The first-order chi connectivity index (χ1) is 10.1. The molecule has 1 aromatic heterocycles. The summed E-state index contributed by atoms with van der Waals surface area (Å²) in [6.07, 6.45) is 3.71. The first-order valence-electron chi connectivity index (χ1n) is 6.65. The van der Waals surface area contributed by atoms with Gasteiger partial charge in [-0.1, -0.05) is 29.3 Å². The van der Waals surface area contributed by atoms with E-state index in [0.29, 0.717) is 28.4 Å². The van der Waals surface area contributed by atoms with Crippen molar-refractivity contribution >= 4 is 35.1 Å². The molecule has 1 saturated carbocycles. The number of anilines is 1. The number of aromatic nitrogens is 2. The third-order valence-electron chi connectivity index (χ3n) is 3.24. The molecule has 7 heteroatoms. The van der Waals surface area contributed by atoms with E-state index in [4.69, 9.17) is 23.2 Å². The molecule has 5 nitrogen and oxygen atoms in total. The van der Waals surface area contributed by atoms with Crippen LogP contribution in [0.2, 0.25) is 10.0 Å². The van der Waals surface area contributed by atoms with Gasteiger partial charge in [0.05, 0.1) is 12.7 Å². The summed E-state index contributed by atoms with van der Waals surface area (Å²) in [4.78, 5) is 11.8. The molecule has 0 aliphatic heterocycles. The highest BCUT2D eigenvalue weighted by Crippen LogP contribution is 2.26. The van der Waals surface area contributed by atoms with Crippen LogP contribution in [0.25, 0.3) is 0 Å². The number of amides is 2. The van der Waals surface area contributed by atoms with Gasteiger partial charge in [-0.2, -0.15) is 5.10 Å². The number of nitrogens with one attached hydrogen (secondary N) is 2. The van der Waals surface area contributed by atoms with Crippen molar-refractivity contribution in [3.05, 3.63) is 46.1 Å². The summed E-state index contributed by atoms with van der Waals surface area (Å²) >= 11 is 12.3. The van der Waals surface area contributed by atoms with Gasteiger partial charge in [-0.15, -0.1) is 0 Å². The Labute approximate surface area is 132 Å². The van der Waals surface area contributed by atoms with Gasteiger partial charge in [0.15, 0.2) is 0 Å². The molecule has 1 fully saturated rings. The van der Waals surface area contributed by atoms with Gasteiger partial charge in [0.2, 0.25) is 0 Å². The summed E-state index contributed by atoms with van der Waals surface area (Å²) in [7, 11) is 0. The van der Waals surface area contributed by atoms with E-state index in [1.54, 1.807) is 35.1 Å². The fourth-order valence-electron chi connectivity index (χ4n) is 1.96. The van der Waals surface area contributed by atoms with Gasteiger partial charge >= 0.3 is 6.03 Å². The highest BCUT2D eigenvalue weighted by molar-refractivity contribution is 6.35. The van der Waals surface area contributed by atoms with Crippen molar-refractivity contribution < 1.29 is 4.79 Å². The summed E-state index contributed by atoms with van der Waals surface area (Å²) < 4.78 is 1.65. The normalized spacial score (nSPS) is 14.0. The monoisotopic (exact) mass is 324 g/mol. The Morgan fingerprint density at radius 1 is 1.29 bits per heavy atom. The van der Waals surface area contributed by atoms with Gasteiger partial charge in [-0.3, -0.25) is 5.32 Å². The van der Waals surface area contributed by atoms with Gasteiger partial charge in [-0.05, 0) is 25.0 Å². The largest absolute Gasteiger partial charge is 0.335 e. The number of rotatable bonds is 4. The van der Waals surface area contributed by atoms with E-state index in [1.165, 1.54) is 0 Å². The number of hydrogen-bond acceptors (Lipinski definition) is 2. The number of benzene rings is 1. The zero-order valence-electron chi connectivity index (χ0n) is 11.1. The minimum absolute atomic E-state index is 0.218. The molecule has 1 aliphatic rings. The van der Waals surface area contributed by atoms with E-state index < -0.39 is 0 Å². The maximum absolute atomic E-state index is 11.8. The second-order valence-corrected chi connectivity index (χ2v) is 5.76. The molecule has 110 valence electrons. The second kappa shape index (κ2) is 5.95. The predicted octanol–water partition coefficient (Wildman–Crippen LogP) is 3.52. The second-order valence-electron chi connectivity index (χ2n) is 4.95. The molecule has 0 atom stereocenters. The molecule has 1 aliphatic carbocycles. The third kappa shape index (κ3) is 3.49. The average Bonchev–Trinajstić information content (AvgIpc) is 3.13. The number of halogens is 2. The quantitative estimate of drug-likeness (QED) is 0.903. The topological polar surface area (TPSA) is 59.0 Å². The first-order valence-corrected chi connectivity index (χ1v) is 7.41. The van der Waals surface area contributed by atoms with Crippen LogP contribution < -0.4 is 10.6 Å². The SMILES string of the molecule is O=C(Nc1ccnn1Cc1c(Cl)cccc1Cl)NC1CC1. The van der Waals surface area contributed by atoms with Crippen LogP contribution in [0.3, 0.4) is 0 Å². The number of nitrogens with zero attached hydrogens (tertiary/aromatic N) is 2. The number of carbonyl (C=O) groups excluding carboxylic acids is 1. The Hall–Kier alpha value is -1.72. The maximum atomic E-state index is 11.8. The molecule has 0 saturated heterocycles. The van der Waals surface area contributed by atoms with E-state index >= 15 is 0 Å². The van der Waals surface area contributed by atoms with E-state index in [-0.39, 0.29) is 6.03 Å².